The first-order valence-corrected chi connectivity index (χ1v) is 16.9. The number of hydrogen-bond donors (Lipinski definition) is 3. The van der Waals surface area contributed by atoms with E-state index in [9.17, 15) is 15.3 Å². The van der Waals surface area contributed by atoms with Crippen molar-refractivity contribution >= 4 is 0 Å². The highest BCUT2D eigenvalue weighted by Gasteiger charge is 2.69. The first kappa shape index (κ1) is 31.0. The van der Waals surface area contributed by atoms with E-state index in [1.165, 1.54) is 64.9 Å². The molecule has 0 radical (unpaired) electrons. The molecule has 0 aliphatic heterocycles. The summed E-state index contributed by atoms with van der Waals surface area (Å²) >= 11 is 0. The number of aliphatic hydroxyl groups excluding tert-OH is 3. The molecule has 0 spiro atoms. The third-order valence-corrected chi connectivity index (χ3v) is 14.9. The van der Waals surface area contributed by atoms with Crippen LogP contribution in [-0.2, 0) is 4.74 Å². The van der Waals surface area contributed by atoms with Crippen molar-refractivity contribution in [3.63, 3.8) is 0 Å². The van der Waals surface area contributed by atoms with Gasteiger partial charge >= 0.3 is 0 Å². The van der Waals surface area contributed by atoms with E-state index in [-0.39, 0.29) is 12.0 Å². The topological polar surface area (TPSA) is 69.9 Å². The summed E-state index contributed by atoms with van der Waals surface area (Å²) in [5.41, 5.74) is 1.85. The number of hydrogen-bond acceptors (Lipinski definition) is 4. The molecule has 5 rings (SSSR count). The quantitative estimate of drug-likeness (QED) is 0.272. The van der Waals surface area contributed by atoms with Crippen LogP contribution in [0.3, 0.4) is 0 Å². The van der Waals surface area contributed by atoms with E-state index in [0.29, 0.717) is 45.8 Å². The number of ether oxygens (including phenoxy) is 1. The maximum atomic E-state index is 10.6. The molecule has 0 aromatic rings. The van der Waals surface area contributed by atoms with Crippen LogP contribution in [0.15, 0.2) is 12.2 Å². The van der Waals surface area contributed by atoms with Gasteiger partial charge in [-0.25, -0.2) is 0 Å². The Balaban J connectivity index is 1.33. The second-order valence-corrected chi connectivity index (χ2v) is 17.1. The second kappa shape index (κ2) is 10.6. The van der Waals surface area contributed by atoms with Crippen LogP contribution in [0.25, 0.3) is 0 Å². The Morgan fingerprint density at radius 2 is 1.50 bits per heavy atom. The van der Waals surface area contributed by atoms with Crippen molar-refractivity contribution in [2.24, 2.45) is 62.6 Å². The van der Waals surface area contributed by atoms with Gasteiger partial charge in [-0.3, -0.25) is 0 Å². The highest BCUT2D eigenvalue weighted by atomic mass is 16.5. The molecule has 0 aromatic heterocycles. The van der Waals surface area contributed by atoms with Gasteiger partial charge in [-0.15, -0.1) is 0 Å². The minimum atomic E-state index is -1.15. The molecule has 40 heavy (non-hydrogen) atoms. The molecule has 5 aliphatic carbocycles. The summed E-state index contributed by atoms with van der Waals surface area (Å²) in [4.78, 5) is 0. The third-order valence-electron chi connectivity index (χ3n) is 14.9. The molecule has 4 fully saturated rings. The van der Waals surface area contributed by atoms with Crippen LogP contribution < -0.4 is 0 Å². The van der Waals surface area contributed by atoms with Gasteiger partial charge in [0.2, 0.25) is 0 Å². The number of rotatable bonds is 8. The lowest BCUT2D eigenvalue weighted by Gasteiger charge is -2.71. The second-order valence-electron chi connectivity index (χ2n) is 17.1. The van der Waals surface area contributed by atoms with Crippen LogP contribution >= 0.6 is 0 Å². The van der Waals surface area contributed by atoms with Crippen molar-refractivity contribution in [1.29, 1.82) is 0 Å². The van der Waals surface area contributed by atoms with E-state index in [1.54, 1.807) is 0 Å². The van der Waals surface area contributed by atoms with Gasteiger partial charge in [-0.2, -0.15) is 0 Å². The maximum absolute atomic E-state index is 10.6. The van der Waals surface area contributed by atoms with Crippen molar-refractivity contribution in [3.8, 4) is 0 Å². The zero-order valence-electron chi connectivity index (χ0n) is 27.1. The Morgan fingerprint density at radius 1 is 0.800 bits per heavy atom. The van der Waals surface area contributed by atoms with Crippen LogP contribution in [-0.4, -0.2) is 47.3 Å². The Bertz CT molecular complexity index is 945. The predicted octanol–water partition coefficient (Wildman–Crippen LogP) is 7.40. The van der Waals surface area contributed by atoms with E-state index in [4.69, 9.17) is 4.74 Å². The van der Waals surface area contributed by atoms with Crippen molar-refractivity contribution in [3.05, 3.63) is 12.2 Å². The molecular formula is C36H62O4. The van der Waals surface area contributed by atoms with Crippen LogP contribution in [0.1, 0.15) is 119 Å². The summed E-state index contributed by atoms with van der Waals surface area (Å²) in [6.45, 7) is 18.2. The van der Waals surface area contributed by atoms with Gasteiger partial charge < -0.3 is 20.1 Å². The lowest BCUT2D eigenvalue weighted by molar-refractivity contribution is -0.198. The fraction of sp³-hybridized carbons (Fsp3) is 0.944. The van der Waals surface area contributed by atoms with Gasteiger partial charge in [0.1, 0.15) is 12.2 Å². The summed E-state index contributed by atoms with van der Waals surface area (Å²) in [7, 11) is 1.50. The van der Waals surface area contributed by atoms with Gasteiger partial charge in [-0.1, -0.05) is 67.0 Å². The van der Waals surface area contributed by atoms with Gasteiger partial charge in [0.05, 0.1) is 12.7 Å². The Hall–Kier alpha value is -0.420. The molecule has 4 nitrogen and oxygen atoms in total. The lowest BCUT2D eigenvalue weighted by Crippen LogP contribution is -2.64. The van der Waals surface area contributed by atoms with Crippen LogP contribution in [0.4, 0.5) is 0 Å². The lowest BCUT2D eigenvalue weighted by atomic mass is 9.33. The first-order chi connectivity index (χ1) is 18.7. The zero-order chi connectivity index (χ0) is 29.3. The number of methoxy groups -OCH3 is 1. The van der Waals surface area contributed by atoms with Gasteiger partial charge in [-0.05, 0) is 127 Å². The summed E-state index contributed by atoms with van der Waals surface area (Å²) < 4.78 is 4.96. The molecular weight excluding hydrogens is 496 g/mol. The molecule has 4 heteroatoms. The zero-order valence-corrected chi connectivity index (χ0v) is 27.1. The Morgan fingerprint density at radius 3 is 2.20 bits per heavy atom. The molecule has 0 saturated heterocycles. The molecule has 0 bridgehead atoms. The summed E-state index contributed by atoms with van der Waals surface area (Å²) in [6, 6.07) is 0. The third kappa shape index (κ3) is 4.51. The molecule has 0 aromatic carbocycles. The predicted molar refractivity (Wildman–Crippen MR) is 163 cm³/mol. The molecule has 3 N–H and O–H groups in total. The molecule has 0 amide bonds. The smallest absolute Gasteiger partial charge is 0.108 e. The standard InChI is InChI=1S/C36H62O4/c1-23(10-11-26(37)31(39)27(38)22-40-8)24-14-19-33(4)25(24)15-20-35(6)29(33)12-13-30-34(5)18-9-17-32(2,3)28(34)16-21-36(30,35)7/h16,21,23-31,37-39H,9-15,17-20,22H2,1-8H3/t23?,24-,25+,26?,27?,28+,29-,30-,31?,33+,34+,35-,36-/m1/s1. The van der Waals surface area contributed by atoms with Crippen LogP contribution in [0.2, 0.25) is 0 Å². The summed E-state index contributed by atoms with van der Waals surface area (Å²) in [5.74, 6) is 4.23. The van der Waals surface area contributed by atoms with Crippen LogP contribution in [0.5, 0.6) is 0 Å². The number of aliphatic hydroxyl groups is 3. The van der Waals surface area contributed by atoms with Crippen molar-refractivity contribution in [2.45, 2.75) is 137 Å². The van der Waals surface area contributed by atoms with Gasteiger partial charge in [0.25, 0.3) is 0 Å². The van der Waals surface area contributed by atoms with Crippen molar-refractivity contribution in [2.75, 3.05) is 13.7 Å². The maximum Gasteiger partial charge on any atom is 0.108 e. The molecule has 0 heterocycles. The largest absolute Gasteiger partial charge is 0.390 e. The van der Waals surface area contributed by atoms with Gasteiger partial charge in [0.15, 0.2) is 0 Å². The monoisotopic (exact) mass is 558 g/mol. The minimum absolute atomic E-state index is 0.0452. The summed E-state index contributed by atoms with van der Waals surface area (Å²) in [6.07, 6.45) is 16.0. The molecule has 5 aliphatic rings. The normalized spacial score (nSPS) is 48.7. The highest BCUT2D eigenvalue weighted by Crippen LogP contribution is 2.76. The first-order valence-electron chi connectivity index (χ1n) is 16.9. The molecule has 230 valence electrons. The van der Waals surface area contributed by atoms with E-state index >= 15 is 0 Å². The fourth-order valence-electron chi connectivity index (χ4n) is 12.7. The van der Waals surface area contributed by atoms with E-state index in [0.717, 1.165) is 24.2 Å². The van der Waals surface area contributed by atoms with Crippen molar-refractivity contribution < 1.29 is 20.1 Å². The minimum Gasteiger partial charge on any atom is -0.390 e. The van der Waals surface area contributed by atoms with E-state index < -0.39 is 18.3 Å². The fourth-order valence-corrected chi connectivity index (χ4v) is 12.7. The van der Waals surface area contributed by atoms with Crippen molar-refractivity contribution in [1.82, 2.24) is 0 Å². The number of fused-ring (bicyclic) bond motifs is 7. The average molecular weight is 559 g/mol. The Labute approximate surface area is 245 Å². The molecule has 4 saturated carbocycles. The van der Waals surface area contributed by atoms with Gasteiger partial charge in [0, 0.05) is 7.11 Å². The highest BCUT2D eigenvalue weighted by molar-refractivity contribution is 5.27. The van der Waals surface area contributed by atoms with E-state index in [1.807, 2.05) is 0 Å². The SMILES string of the molecule is COCC(O)C(O)C(O)CCC(C)[C@H]1CC[C@]2(C)[C@H]3CC[C@@H]4[C@@]5(C)CCCC(C)(C)[C@@H]5C=C[C@@]4(C)[C@]3(C)CC[C@@H]12. The van der Waals surface area contributed by atoms with E-state index in [2.05, 4.69) is 60.6 Å². The average Bonchev–Trinajstić information content (AvgIpc) is 3.23. The number of allylic oxidation sites excluding steroid dienone is 2. The van der Waals surface area contributed by atoms with Crippen LogP contribution in [0, 0.1) is 62.6 Å². The molecule has 4 unspecified atom stereocenters. The Kier molecular flexibility index (Phi) is 8.25. The molecule has 13 atom stereocenters. The summed E-state index contributed by atoms with van der Waals surface area (Å²) in [5, 5.41) is 31.0.